The molecule has 5 rings (SSSR count). The van der Waals surface area contributed by atoms with E-state index in [-0.39, 0.29) is 16.7 Å². The van der Waals surface area contributed by atoms with E-state index in [9.17, 15) is 9.59 Å². The standard InChI is InChI=1S/C27H34N4O2/c1-3-30-16-12-27(25(30)33)20-29(18-22-8-6-13-28-17-22)19-26(27)10-14-31(15-11-26)24(32)23-9-5-4-7-21(23)2/h4-9,13,17H,3,10-12,14-16,18-20H2,1-2H3/t27-/m1/s1. The summed E-state index contributed by atoms with van der Waals surface area (Å²) in [6, 6.07) is 11.9. The average molecular weight is 447 g/mol. The van der Waals surface area contributed by atoms with Crippen LogP contribution >= 0.6 is 0 Å². The number of carbonyl (C=O) groups excluding carboxylic acids is 2. The summed E-state index contributed by atoms with van der Waals surface area (Å²) >= 11 is 0. The molecule has 4 heterocycles. The molecule has 0 saturated carbocycles. The molecule has 6 heteroatoms. The van der Waals surface area contributed by atoms with E-state index in [0.29, 0.717) is 5.91 Å². The molecule has 0 unspecified atom stereocenters. The van der Waals surface area contributed by atoms with E-state index in [1.165, 1.54) is 5.56 Å². The van der Waals surface area contributed by atoms with E-state index < -0.39 is 0 Å². The molecule has 6 nitrogen and oxygen atoms in total. The monoisotopic (exact) mass is 446 g/mol. The Labute approximate surface area is 196 Å². The summed E-state index contributed by atoms with van der Waals surface area (Å²) in [6.07, 6.45) is 6.43. The number of aromatic nitrogens is 1. The number of hydrogen-bond donors (Lipinski definition) is 0. The zero-order valence-corrected chi connectivity index (χ0v) is 19.8. The first-order chi connectivity index (χ1) is 16.0. The molecule has 3 aliphatic heterocycles. The number of likely N-dealkylation sites (tertiary alicyclic amines) is 3. The number of nitrogens with zero attached hydrogens (tertiary/aromatic N) is 4. The van der Waals surface area contributed by atoms with Gasteiger partial charge in [-0.2, -0.15) is 0 Å². The lowest BCUT2D eigenvalue weighted by Crippen LogP contribution is -2.53. The molecule has 2 spiro atoms. The number of hydrogen-bond acceptors (Lipinski definition) is 4. The highest BCUT2D eigenvalue weighted by Crippen LogP contribution is 2.58. The lowest BCUT2D eigenvalue weighted by Gasteiger charge is -2.47. The molecule has 0 bridgehead atoms. The van der Waals surface area contributed by atoms with Gasteiger partial charge in [0.15, 0.2) is 0 Å². The maximum atomic E-state index is 13.7. The summed E-state index contributed by atoms with van der Waals surface area (Å²) in [7, 11) is 0. The highest BCUT2D eigenvalue weighted by Gasteiger charge is 2.64. The van der Waals surface area contributed by atoms with Crippen molar-refractivity contribution in [2.24, 2.45) is 10.8 Å². The van der Waals surface area contributed by atoms with Gasteiger partial charge in [0.2, 0.25) is 5.91 Å². The molecule has 0 aliphatic carbocycles. The molecule has 2 amide bonds. The number of pyridine rings is 1. The number of piperidine rings is 1. The van der Waals surface area contributed by atoms with Crippen LogP contribution in [0.25, 0.3) is 0 Å². The van der Waals surface area contributed by atoms with E-state index in [2.05, 4.69) is 22.9 Å². The fraction of sp³-hybridized carbons (Fsp3) is 0.519. The molecular formula is C27H34N4O2. The summed E-state index contributed by atoms with van der Waals surface area (Å²) in [5.74, 6) is 0.451. The van der Waals surface area contributed by atoms with E-state index >= 15 is 0 Å². The van der Waals surface area contributed by atoms with Gasteiger partial charge in [-0.25, -0.2) is 0 Å². The fourth-order valence-corrected chi connectivity index (χ4v) is 6.58. The first-order valence-electron chi connectivity index (χ1n) is 12.2. The predicted octanol–water partition coefficient (Wildman–Crippen LogP) is 3.37. The van der Waals surface area contributed by atoms with Crippen molar-refractivity contribution in [2.45, 2.75) is 39.7 Å². The topological polar surface area (TPSA) is 56.8 Å². The van der Waals surface area contributed by atoms with Gasteiger partial charge in [-0.3, -0.25) is 19.5 Å². The van der Waals surface area contributed by atoms with Gasteiger partial charge in [-0.1, -0.05) is 24.3 Å². The zero-order chi connectivity index (χ0) is 23.1. The van der Waals surface area contributed by atoms with Crippen molar-refractivity contribution < 1.29 is 9.59 Å². The van der Waals surface area contributed by atoms with E-state index in [4.69, 9.17) is 0 Å². The highest BCUT2D eigenvalue weighted by molar-refractivity contribution is 5.95. The largest absolute Gasteiger partial charge is 0.342 e. The lowest BCUT2D eigenvalue weighted by atomic mass is 9.60. The predicted molar refractivity (Wildman–Crippen MR) is 128 cm³/mol. The minimum atomic E-state index is -0.330. The van der Waals surface area contributed by atoms with Crippen molar-refractivity contribution in [2.75, 3.05) is 39.3 Å². The molecule has 1 aromatic heterocycles. The van der Waals surface area contributed by atoms with Crippen LogP contribution in [0.4, 0.5) is 0 Å². The Morgan fingerprint density at radius 2 is 1.82 bits per heavy atom. The SMILES string of the molecule is CCN1CC[C@@]2(CN(Cc3cccnc3)CC23CCN(C(=O)c2ccccc2C)CC3)C1=O. The molecule has 3 aliphatic rings. The normalized spacial score (nSPS) is 24.8. The molecule has 0 N–H and O–H groups in total. The van der Waals surface area contributed by atoms with E-state index in [1.54, 1.807) is 6.20 Å². The van der Waals surface area contributed by atoms with Crippen LogP contribution in [0.2, 0.25) is 0 Å². The number of benzene rings is 1. The third kappa shape index (κ3) is 3.65. The van der Waals surface area contributed by atoms with Crippen molar-refractivity contribution in [3.05, 3.63) is 65.5 Å². The van der Waals surface area contributed by atoms with Gasteiger partial charge in [-0.05, 0) is 56.4 Å². The third-order valence-corrected chi connectivity index (χ3v) is 8.43. The second-order valence-corrected chi connectivity index (χ2v) is 10.1. The van der Waals surface area contributed by atoms with Gasteiger partial charge >= 0.3 is 0 Å². The number of aryl methyl sites for hydroxylation is 1. The molecule has 0 radical (unpaired) electrons. The van der Waals surface area contributed by atoms with Gasteiger partial charge in [-0.15, -0.1) is 0 Å². The Morgan fingerprint density at radius 3 is 2.48 bits per heavy atom. The molecule has 3 fully saturated rings. The van der Waals surface area contributed by atoms with Crippen LogP contribution in [-0.2, 0) is 11.3 Å². The Bertz CT molecular complexity index is 1030. The Hall–Kier alpha value is -2.73. The number of amides is 2. The second-order valence-electron chi connectivity index (χ2n) is 10.1. The van der Waals surface area contributed by atoms with Crippen molar-refractivity contribution in [1.82, 2.24) is 19.7 Å². The first-order valence-corrected chi connectivity index (χ1v) is 12.2. The quantitative estimate of drug-likeness (QED) is 0.723. The molecule has 1 aromatic carbocycles. The van der Waals surface area contributed by atoms with Crippen LogP contribution in [0.3, 0.4) is 0 Å². The molecule has 174 valence electrons. The molecular weight excluding hydrogens is 412 g/mol. The maximum Gasteiger partial charge on any atom is 0.254 e. The highest BCUT2D eigenvalue weighted by atomic mass is 16.2. The minimum absolute atomic E-state index is 0.0707. The van der Waals surface area contributed by atoms with Gasteiger partial charge < -0.3 is 9.80 Å². The molecule has 2 aromatic rings. The van der Waals surface area contributed by atoms with Crippen LogP contribution in [0.1, 0.15) is 47.7 Å². The summed E-state index contributed by atoms with van der Waals surface area (Å²) in [6.45, 7) is 9.68. The van der Waals surface area contributed by atoms with E-state index in [0.717, 1.165) is 76.2 Å². The lowest BCUT2D eigenvalue weighted by molar-refractivity contribution is -0.141. The van der Waals surface area contributed by atoms with Gasteiger partial charge in [0, 0.05) is 69.2 Å². The summed E-state index contributed by atoms with van der Waals surface area (Å²) in [5.41, 5.74) is 2.60. The zero-order valence-electron chi connectivity index (χ0n) is 19.8. The maximum absolute atomic E-state index is 13.7. The first kappa shape index (κ1) is 22.1. The van der Waals surface area contributed by atoms with Crippen LogP contribution in [0.15, 0.2) is 48.8 Å². The Morgan fingerprint density at radius 1 is 1.03 bits per heavy atom. The van der Waals surface area contributed by atoms with Gasteiger partial charge in [0.1, 0.15) is 0 Å². The van der Waals surface area contributed by atoms with E-state index in [1.807, 2.05) is 53.3 Å². The third-order valence-electron chi connectivity index (χ3n) is 8.43. The van der Waals surface area contributed by atoms with Crippen LogP contribution in [0, 0.1) is 17.8 Å². The minimum Gasteiger partial charge on any atom is -0.342 e. The van der Waals surface area contributed by atoms with Crippen molar-refractivity contribution in [3.8, 4) is 0 Å². The number of fused-ring (bicyclic) bond motifs is 1. The summed E-state index contributed by atoms with van der Waals surface area (Å²) in [5, 5.41) is 0. The van der Waals surface area contributed by atoms with Crippen LogP contribution in [-0.4, -0.2) is 70.8 Å². The van der Waals surface area contributed by atoms with Gasteiger partial charge in [0.05, 0.1) is 5.41 Å². The van der Waals surface area contributed by atoms with Crippen molar-refractivity contribution in [3.63, 3.8) is 0 Å². The summed E-state index contributed by atoms with van der Waals surface area (Å²) in [4.78, 5) is 37.7. The second kappa shape index (κ2) is 8.56. The van der Waals surface area contributed by atoms with Gasteiger partial charge in [0.25, 0.3) is 5.91 Å². The van der Waals surface area contributed by atoms with Crippen LogP contribution < -0.4 is 0 Å². The van der Waals surface area contributed by atoms with Crippen molar-refractivity contribution >= 4 is 11.8 Å². The number of carbonyl (C=O) groups is 2. The van der Waals surface area contributed by atoms with Crippen molar-refractivity contribution in [1.29, 1.82) is 0 Å². The van der Waals surface area contributed by atoms with Crippen LogP contribution in [0.5, 0.6) is 0 Å². The average Bonchev–Trinajstić information content (AvgIpc) is 3.31. The smallest absolute Gasteiger partial charge is 0.254 e. The Kier molecular flexibility index (Phi) is 5.73. The number of rotatable bonds is 4. The molecule has 1 atom stereocenters. The Balaban J connectivity index is 1.38. The molecule has 3 saturated heterocycles. The fourth-order valence-electron chi connectivity index (χ4n) is 6.58. The molecule has 33 heavy (non-hydrogen) atoms. The summed E-state index contributed by atoms with van der Waals surface area (Å²) < 4.78 is 0.